The fourth-order valence-corrected chi connectivity index (χ4v) is 2.43. The summed E-state index contributed by atoms with van der Waals surface area (Å²) in [6, 6.07) is 13.8. The molecule has 0 bridgehead atoms. The standard InChI is InChI=1S/C20H21NO5/c1-26-17-8-6-15(7-9-17)18(22)10-11-19(23)21-16-4-2-3-14(13-16)5-12-20(24)25/h2-4,6-9,13H,5,10-12H2,1H3,(H,21,23)(H,24,25). The molecule has 0 aliphatic carbocycles. The molecule has 0 aromatic heterocycles. The van der Waals surface area contributed by atoms with Crippen LogP contribution < -0.4 is 10.1 Å². The Morgan fingerprint density at radius 2 is 1.73 bits per heavy atom. The van der Waals surface area contributed by atoms with Crippen molar-refractivity contribution < 1.29 is 24.2 Å². The smallest absolute Gasteiger partial charge is 0.303 e. The number of amides is 1. The number of aliphatic carboxylic acids is 1. The van der Waals surface area contributed by atoms with Crippen molar-refractivity contribution in [3.8, 4) is 5.75 Å². The molecule has 0 spiro atoms. The van der Waals surface area contributed by atoms with Crippen LogP contribution in [0.2, 0.25) is 0 Å². The van der Waals surface area contributed by atoms with E-state index < -0.39 is 5.97 Å². The summed E-state index contributed by atoms with van der Waals surface area (Å²) in [5, 5.41) is 11.5. The number of methoxy groups -OCH3 is 1. The highest BCUT2D eigenvalue weighted by molar-refractivity contribution is 6.00. The van der Waals surface area contributed by atoms with Crippen LogP contribution in [0.4, 0.5) is 5.69 Å². The van der Waals surface area contributed by atoms with E-state index in [0.29, 0.717) is 23.4 Å². The van der Waals surface area contributed by atoms with E-state index in [-0.39, 0.29) is 31.0 Å². The molecule has 2 N–H and O–H groups in total. The van der Waals surface area contributed by atoms with Gasteiger partial charge in [0.15, 0.2) is 5.78 Å². The first-order chi connectivity index (χ1) is 12.5. The number of Topliss-reactive ketones (excluding diaryl/α,β-unsaturated/α-hetero) is 1. The number of benzene rings is 2. The third-order valence-corrected chi connectivity index (χ3v) is 3.83. The van der Waals surface area contributed by atoms with E-state index >= 15 is 0 Å². The van der Waals surface area contributed by atoms with Gasteiger partial charge in [0.05, 0.1) is 7.11 Å². The largest absolute Gasteiger partial charge is 0.497 e. The molecule has 0 saturated carbocycles. The van der Waals surface area contributed by atoms with Gasteiger partial charge in [0.2, 0.25) is 5.91 Å². The fourth-order valence-electron chi connectivity index (χ4n) is 2.43. The van der Waals surface area contributed by atoms with Gasteiger partial charge in [-0.2, -0.15) is 0 Å². The number of carbonyl (C=O) groups excluding carboxylic acids is 2. The minimum Gasteiger partial charge on any atom is -0.497 e. The van der Waals surface area contributed by atoms with Crippen molar-refractivity contribution in [2.75, 3.05) is 12.4 Å². The summed E-state index contributed by atoms with van der Waals surface area (Å²) in [6.45, 7) is 0. The molecule has 0 heterocycles. The number of carboxylic acids is 1. The maximum absolute atomic E-state index is 12.1. The number of hydrogen-bond acceptors (Lipinski definition) is 4. The molecular formula is C20H21NO5. The van der Waals surface area contributed by atoms with E-state index in [2.05, 4.69) is 5.32 Å². The van der Waals surface area contributed by atoms with Crippen molar-refractivity contribution in [1.29, 1.82) is 0 Å². The Labute approximate surface area is 151 Å². The topological polar surface area (TPSA) is 92.7 Å². The lowest BCUT2D eigenvalue weighted by Crippen LogP contribution is -2.13. The van der Waals surface area contributed by atoms with Crippen molar-refractivity contribution in [2.45, 2.75) is 25.7 Å². The van der Waals surface area contributed by atoms with Crippen molar-refractivity contribution in [3.05, 3.63) is 59.7 Å². The van der Waals surface area contributed by atoms with Gasteiger partial charge >= 0.3 is 5.97 Å². The van der Waals surface area contributed by atoms with Crippen LogP contribution in [0.3, 0.4) is 0 Å². The second-order valence-corrected chi connectivity index (χ2v) is 5.79. The summed E-state index contributed by atoms with van der Waals surface area (Å²) in [5.74, 6) is -0.571. The van der Waals surface area contributed by atoms with Crippen LogP contribution in [0, 0.1) is 0 Å². The van der Waals surface area contributed by atoms with Gasteiger partial charge in [0.1, 0.15) is 5.75 Å². The maximum atomic E-state index is 12.1. The van der Waals surface area contributed by atoms with E-state index in [1.807, 2.05) is 6.07 Å². The minimum absolute atomic E-state index is 0.0355. The molecule has 0 fully saturated rings. The summed E-state index contributed by atoms with van der Waals surface area (Å²) >= 11 is 0. The molecule has 0 saturated heterocycles. The van der Waals surface area contributed by atoms with Gasteiger partial charge in [-0.3, -0.25) is 14.4 Å². The second kappa shape index (κ2) is 9.36. The molecule has 136 valence electrons. The van der Waals surface area contributed by atoms with Crippen molar-refractivity contribution >= 4 is 23.3 Å². The van der Waals surface area contributed by atoms with Crippen LogP contribution in [0.25, 0.3) is 0 Å². The third-order valence-electron chi connectivity index (χ3n) is 3.83. The lowest BCUT2D eigenvalue weighted by molar-refractivity contribution is -0.137. The number of carboxylic acid groups (broad SMARTS) is 1. The third kappa shape index (κ3) is 6.05. The quantitative estimate of drug-likeness (QED) is 0.673. The first kappa shape index (κ1) is 19.2. The van der Waals surface area contributed by atoms with Crippen molar-refractivity contribution in [2.24, 2.45) is 0 Å². The normalized spacial score (nSPS) is 10.2. The number of ether oxygens (including phenoxy) is 1. The zero-order valence-corrected chi connectivity index (χ0v) is 14.5. The predicted octanol–water partition coefficient (Wildman–Crippen LogP) is 3.31. The zero-order chi connectivity index (χ0) is 18.9. The molecule has 6 nitrogen and oxygen atoms in total. The first-order valence-corrected chi connectivity index (χ1v) is 8.26. The van der Waals surface area contributed by atoms with Gasteiger partial charge in [-0.1, -0.05) is 12.1 Å². The van der Waals surface area contributed by atoms with Gasteiger partial charge in [0.25, 0.3) is 0 Å². The summed E-state index contributed by atoms with van der Waals surface area (Å²) < 4.78 is 5.05. The average Bonchev–Trinajstić information content (AvgIpc) is 2.65. The average molecular weight is 355 g/mol. The second-order valence-electron chi connectivity index (χ2n) is 5.79. The van der Waals surface area contributed by atoms with Crippen LogP contribution in [-0.4, -0.2) is 29.9 Å². The Morgan fingerprint density at radius 3 is 2.38 bits per heavy atom. The molecule has 0 unspecified atom stereocenters. The molecule has 0 aliphatic rings. The Bertz CT molecular complexity index is 783. The summed E-state index contributed by atoms with van der Waals surface area (Å²) in [6.07, 6.45) is 0.615. The number of anilines is 1. The van der Waals surface area contributed by atoms with Crippen LogP contribution in [0.5, 0.6) is 5.75 Å². The highest BCUT2D eigenvalue weighted by atomic mass is 16.5. The Kier molecular flexibility index (Phi) is 6.91. The van der Waals surface area contributed by atoms with Gasteiger partial charge < -0.3 is 15.2 Å². The highest BCUT2D eigenvalue weighted by Gasteiger charge is 2.10. The van der Waals surface area contributed by atoms with E-state index in [4.69, 9.17) is 9.84 Å². The number of nitrogens with one attached hydrogen (secondary N) is 1. The van der Waals surface area contributed by atoms with Gasteiger partial charge in [-0.25, -0.2) is 0 Å². The first-order valence-electron chi connectivity index (χ1n) is 8.26. The number of hydrogen-bond donors (Lipinski definition) is 2. The number of ketones is 1. The van der Waals surface area contributed by atoms with Gasteiger partial charge in [-0.15, -0.1) is 0 Å². The maximum Gasteiger partial charge on any atom is 0.303 e. The molecule has 26 heavy (non-hydrogen) atoms. The monoisotopic (exact) mass is 355 g/mol. The SMILES string of the molecule is COc1ccc(C(=O)CCC(=O)Nc2cccc(CCC(=O)O)c2)cc1. The Balaban J connectivity index is 1.85. The lowest BCUT2D eigenvalue weighted by atomic mass is 10.1. The van der Waals surface area contributed by atoms with Crippen LogP contribution in [0.15, 0.2) is 48.5 Å². The molecule has 2 aromatic carbocycles. The molecule has 2 aromatic rings. The molecule has 0 radical (unpaired) electrons. The van der Waals surface area contributed by atoms with Crippen LogP contribution in [-0.2, 0) is 16.0 Å². The van der Waals surface area contributed by atoms with Crippen LogP contribution in [0.1, 0.15) is 35.2 Å². The summed E-state index contributed by atoms with van der Waals surface area (Å²) in [7, 11) is 1.55. The van der Waals surface area contributed by atoms with Crippen molar-refractivity contribution in [3.63, 3.8) is 0 Å². The Morgan fingerprint density at radius 1 is 1.00 bits per heavy atom. The van der Waals surface area contributed by atoms with Crippen molar-refractivity contribution in [1.82, 2.24) is 0 Å². The molecule has 6 heteroatoms. The zero-order valence-electron chi connectivity index (χ0n) is 14.5. The fraction of sp³-hybridized carbons (Fsp3) is 0.250. The summed E-state index contributed by atoms with van der Waals surface area (Å²) in [4.78, 5) is 34.8. The number of carbonyl (C=O) groups is 3. The molecular weight excluding hydrogens is 334 g/mol. The number of rotatable bonds is 9. The molecule has 0 aliphatic heterocycles. The number of aryl methyl sites for hydroxylation is 1. The Hall–Kier alpha value is -3.15. The van der Waals surface area contributed by atoms with E-state index in [1.54, 1.807) is 49.6 Å². The van der Waals surface area contributed by atoms with Crippen LogP contribution >= 0.6 is 0 Å². The molecule has 1 amide bonds. The highest BCUT2D eigenvalue weighted by Crippen LogP contribution is 2.15. The minimum atomic E-state index is -0.864. The molecule has 0 atom stereocenters. The lowest BCUT2D eigenvalue weighted by Gasteiger charge is -2.07. The molecule has 2 rings (SSSR count). The van der Waals surface area contributed by atoms with E-state index in [9.17, 15) is 14.4 Å². The van der Waals surface area contributed by atoms with Gasteiger partial charge in [-0.05, 0) is 48.4 Å². The predicted molar refractivity (Wildman–Crippen MR) is 97.6 cm³/mol. The van der Waals surface area contributed by atoms with E-state index in [1.165, 1.54) is 0 Å². The van der Waals surface area contributed by atoms with E-state index in [0.717, 1.165) is 5.56 Å². The van der Waals surface area contributed by atoms with Gasteiger partial charge in [0, 0.05) is 30.5 Å². The summed E-state index contributed by atoms with van der Waals surface area (Å²) in [5.41, 5.74) is 1.96.